The Labute approximate surface area is 146 Å². The van der Waals surface area contributed by atoms with Crippen LogP contribution in [0.5, 0.6) is 0 Å². The van der Waals surface area contributed by atoms with Gasteiger partial charge in [-0.25, -0.2) is 4.85 Å². The Bertz CT molecular complexity index is 883. The van der Waals surface area contributed by atoms with E-state index >= 15 is 0 Å². The number of hydrogen-bond donors (Lipinski definition) is 0. The van der Waals surface area contributed by atoms with Gasteiger partial charge in [0.1, 0.15) is 0 Å². The van der Waals surface area contributed by atoms with Crippen LogP contribution in [0.15, 0.2) is 24.3 Å². The largest absolute Gasteiger partial charge is 0.280 e. The molecule has 0 saturated heterocycles. The third-order valence-corrected chi connectivity index (χ3v) is 4.12. The van der Waals surface area contributed by atoms with Gasteiger partial charge in [-0.2, -0.15) is 0 Å². The van der Waals surface area contributed by atoms with Crippen LogP contribution in [0.1, 0.15) is 16.7 Å². The van der Waals surface area contributed by atoms with Crippen molar-refractivity contribution >= 4 is 40.3 Å². The molecule has 2 aromatic carbocycles. The zero-order valence-corrected chi connectivity index (χ0v) is 13.8. The Balaban J connectivity index is 2.61. The molecule has 2 aromatic rings. The molecule has 0 spiro atoms. The zero-order valence-electron chi connectivity index (χ0n) is 12.2. The van der Waals surface area contributed by atoms with E-state index in [1.807, 2.05) is 0 Å². The molecule has 0 amide bonds. The van der Waals surface area contributed by atoms with E-state index < -0.39 is 9.85 Å². The van der Waals surface area contributed by atoms with Crippen molar-refractivity contribution in [2.24, 2.45) is 0 Å². The van der Waals surface area contributed by atoms with Crippen LogP contribution in [-0.4, -0.2) is 9.85 Å². The predicted octanol–water partition coefficient (Wildman–Crippen LogP) is 5.26. The Hall–Kier alpha value is -2.69. The molecule has 122 valence electrons. The molecule has 2 rings (SSSR count). The molecule has 0 saturated carbocycles. The second kappa shape index (κ2) is 6.83. The Kier molecular flexibility index (Phi) is 5.02. The van der Waals surface area contributed by atoms with Gasteiger partial charge in [-0.3, -0.25) is 20.2 Å². The van der Waals surface area contributed by atoms with Gasteiger partial charge in [-0.15, -0.1) is 0 Å². The third kappa shape index (κ3) is 3.45. The molecule has 0 aromatic heterocycles. The molecule has 0 unspecified atom stereocenters. The first kappa shape index (κ1) is 17.7. The molecule has 0 aliphatic rings. The lowest BCUT2D eigenvalue weighted by Crippen LogP contribution is -2.02. The second-order valence-electron chi connectivity index (χ2n) is 4.95. The fraction of sp³-hybridized carbons (Fsp3) is 0.133. The van der Waals surface area contributed by atoms with Gasteiger partial charge < -0.3 is 0 Å². The van der Waals surface area contributed by atoms with Gasteiger partial charge in [0.25, 0.3) is 11.4 Å². The van der Waals surface area contributed by atoms with Crippen molar-refractivity contribution < 1.29 is 9.85 Å². The molecule has 9 heteroatoms. The first-order chi connectivity index (χ1) is 11.2. The highest BCUT2D eigenvalue weighted by Gasteiger charge is 2.24. The molecule has 0 aliphatic heterocycles. The summed E-state index contributed by atoms with van der Waals surface area (Å²) >= 11 is 12.2. The fourth-order valence-corrected chi connectivity index (χ4v) is 2.89. The van der Waals surface area contributed by atoms with Crippen molar-refractivity contribution in [1.29, 1.82) is 0 Å². The lowest BCUT2D eigenvalue weighted by molar-refractivity contribution is -0.394. The molecular weight excluding hydrogens is 357 g/mol. The summed E-state index contributed by atoms with van der Waals surface area (Å²) in [7, 11) is 0. The number of nitrogens with zero attached hydrogens (tertiary/aromatic N) is 3. The quantitative estimate of drug-likeness (QED) is 0.419. The monoisotopic (exact) mass is 365 g/mol. The van der Waals surface area contributed by atoms with Crippen molar-refractivity contribution in [3.8, 4) is 0 Å². The number of hydrogen-bond acceptors (Lipinski definition) is 4. The van der Waals surface area contributed by atoms with Crippen molar-refractivity contribution in [2.45, 2.75) is 13.3 Å². The summed E-state index contributed by atoms with van der Waals surface area (Å²) in [5, 5.41) is 22.6. The minimum atomic E-state index is -0.686. The number of benzene rings is 2. The van der Waals surface area contributed by atoms with E-state index in [1.54, 1.807) is 6.92 Å². The van der Waals surface area contributed by atoms with Crippen LogP contribution >= 0.6 is 23.2 Å². The van der Waals surface area contributed by atoms with Gasteiger partial charge in [-0.05, 0) is 30.2 Å². The van der Waals surface area contributed by atoms with Crippen LogP contribution in [0.4, 0.5) is 17.1 Å². The van der Waals surface area contributed by atoms with Crippen LogP contribution in [0, 0.1) is 33.7 Å². The maximum Gasteiger partial charge on any atom is 0.280 e. The highest BCUT2D eigenvalue weighted by atomic mass is 35.5. The van der Waals surface area contributed by atoms with E-state index in [0.717, 1.165) is 6.07 Å². The molecule has 0 bridgehead atoms. The smallest absolute Gasteiger partial charge is 0.258 e. The third-order valence-electron chi connectivity index (χ3n) is 3.45. The van der Waals surface area contributed by atoms with E-state index in [-0.39, 0.29) is 39.1 Å². The van der Waals surface area contributed by atoms with Crippen molar-refractivity contribution in [3.63, 3.8) is 0 Å². The van der Waals surface area contributed by atoms with E-state index in [1.165, 1.54) is 18.2 Å². The number of non-ortho nitro benzene ring substituents is 1. The second-order valence-corrected chi connectivity index (χ2v) is 5.77. The molecule has 24 heavy (non-hydrogen) atoms. The molecule has 0 aliphatic carbocycles. The van der Waals surface area contributed by atoms with Crippen LogP contribution in [-0.2, 0) is 6.42 Å². The topological polar surface area (TPSA) is 90.6 Å². The summed E-state index contributed by atoms with van der Waals surface area (Å²) < 4.78 is 0. The fourth-order valence-electron chi connectivity index (χ4n) is 2.28. The SMILES string of the molecule is [C-]#[N+]c1cc(Cl)c(Cc2c(C)cc([N+](=O)[O-])cc2[N+](=O)[O-])c(Cl)c1. The molecule has 0 heterocycles. The van der Waals surface area contributed by atoms with Gasteiger partial charge >= 0.3 is 0 Å². The zero-order chi connectivity index (χ0) is 18.0. The van der Waals surface area contributed by atoms with E-state index in [0.29, 0.717) is 11.1 Å². The first-order valence-corrected chi connectivity index (χ1v) is 7.28. The summed E-state index contributed by atoms with van der Waals surface area (Å²) in [5.74, 6) is 0. The summed E-state index contributed by atoms with van der Waals surface area (Å²) in [5.41, 5.74) is 0.614. The number of halogens is 2. The number of nitro benzene ring substituents is 2. The summed E-state index contributed by atoms with van der Waals surface area (Å²) in [4.78, 5) is 24.0. The lowest BCUT2D eigenvalue weighted by Gasteiger charge is -2.11. The van der Waals surface area contributed by atoms with Gasteiger partial charge in [0, 0.05) is 28.1 Å². The van der Waals surface area contributed by atoms with Gasteiger partial charge in [-0.1, -0.05) is 23.2 Å². The minimum Gasteiger partial charge on any atom is -0.258 e. The van der Waals surface area contributed by atoms with Crippen LogP contribution in [0.25, 0.3) is 4.85 Å². The van der Waals surface area contributed by atoms with Crippen LogP contribution in [0.3, 0.4) is 0 Å². The minimum absolute atomic E-state index is 0.0239. The molecule has 7 nitrogen and oxygen atoms in total. The standard InChI is InChI=1S/C15H9Cl2N3O4/c1-8-3-10(19(21)22)6-15(20(23)24)11(8)7-12-13(16)4-9(18-2)5-14(12)17/h3-6H,7H2,1H3. The van der Waals surface area contributed by atoms with E-state index in [4.69, 9.17) is 29.8 Å². The van der Waals surface area contributed by atoms with Gasteiger partial charge in [0.2, 0.25) is 0 Å². The average molecular weight is 366 g/mol. The number of rotatable bonds is 4. The Morgan fingerprint density at radius 3 is 2.08 bits per heavy atom. The number of aryl methyl sites for hydroxylation is 1. The summed E-state index contributed by atoms with van der Waals surface area (Å²) in [6.07, 6.45) is 0.0239. The molecule has 0 fully saturated rings. The van der Waals surface area contributed by atoms with Gasteiger partial charge in [0.15, 0.2) is 5.69 Å². The van der Waals surface area contributed by atoms with Crippen molar-refractivity contribution in [2.75, 3.05) is 0 Å². The molecule has 0 N–H and O–H groups in total. The predicted molar refractivity (Wildman–Crippen MR) is 90.0 cm³/mol. The highest BCUT2D eigenvalue weighted by Crippen LogP contribution is 2.36. The van der Waals surface area contributed by atoms with E-state index in [9.17, 15) is 20.2 Å². The molecule has 0 atom stereocenters. The van der Waals surface area contributed by atoms with Crippen LogP contribution < -0.4 is 0 Å². The summed E-state index contributed by atoms with van der Waals surface area (Å²) in [6.45, 7) is 8.52. The van der Waals surface area contributed by atoms with Crippen LogP contribution in [0.2, 0.25) is 10.0 Å². The Morgan fingerprint density at radius 1 is 1.04 bits per heavy atom. The van der Waals surface area contributed by atoms with Crippen molar-refractivity contribution in [3.05, 3.63) is 82.6 Å². The normalized spacial score (nSPS) is 10.2. The maximum absolute atomic E-state index is 11.3. The molecule has 0 radical (unpaired) electrons. The Morgan fingerprint density at radius 2 is 1.62 bits per heavy atom. The van der Waals surface area contributed by atoms with Crippen molar-refractivity contribution in [1.82, 2.24) is 0 Å². The molecular formula is C15H9Cl2N3O4. The van der Waals surface area contributed by atoms with E-state index in [2.05, 4.69) is 4.85 Å². The van der Waals surface area contributed by atoms with Gasteiger partial charge in [0.05, 0.1) is 22.5 Å². The lowest BCUT2D eigenvalue weighted by atomic mass is 9.97. The first-order valence-electron chi connectivity index (χ1n) is 6.52. The maximum atomic E-state index is 11.3. The average Bonchev–Trinajstić information content (AvgIpc) is 2.50. The summed E-state index contributed by atoms with van der Waals surface area (Å²) in [6, 6.07) is 5.01. The number of nitro groups is 2. The highest BCUT2D eigenvalue weighted by molar-refractivity contribution is 6.36.